The summed E-state index contributed by atoms with van der Waals surface area (Å²) < 4.78 is 2.17. The summed E-state index contributed by atoms with van der Waals surface area (Å²) >= 11 is 0. The molecule has 6 heteroatoms. The number of aromatic nitrogens is 4. The number of carbonyl (C=O) groups excluding carboxylic acids is 1. The molecule has 0 unspecified atom stereocenters. The van der Waals surface area contributed by atoms with Gasteiger partial charge < -0.3 is 9.47 Å². The van der Waals surface area contributed by atoms with E-state index < -0.39 is 0 Å². The van der Waals surface area contributed by atoms with Gasteiger partial charge in [-0.3, -0.25) is 9.78 Å². The van der Waals surface area contributed by atoms with E-state index >= 15 is 0 Å². The average molecular weight is 299 g/mol. The number of aryl methyl sites for hydroxylation is 1. The molecule has 2 aromatic rings. The second kappa shape index (κ2) is 5.51. The molecule has 2 aromatic heterocycles. The van der Waals surface area contributed by atoms with Gasteiger partial charge in [0.2, 0.25) is 0 Å². The van der Waals surface area contributed by atoms with Gasteiger partial charge in [0.15, 0.2) is 5.82 Å². The number of fused-ring (bicyclic) bond motifs is 1. The summed E-state index contributed by atoms with van der Waals surface area (Å²) in [5.41, 5.74) is 1.62. The Morgan fingerprint density at radius 3 is 2.77 bits per heavy atom. The fourth-order valence-electron chi connectivity index (χ4n) is 2.96. The SMILES string of the molecule is Cc1cncc(C(=O)N2Cc3nnc(C(C)C)n3[C@@H](C)C2)c1. The van der Waals surface area contributed by atoms with Gasteiger partial charge in [0.1, 0.15) is 5.82 Å². The van der Waals surface area contributed by atoms with E-state index in [0.717, 1.165) is 17.2 Å². The molecular weight excluding hydrogens is 278 g/mol. The molecule has 1 aliphatic heterocycles. The second-order valence-electron chi connectivity index (χ2n) is 6.28. The number of hydrogen-bond acceptors (Lipinski definition) is 4. The maximum Gasteiger partial charge on any atom is 0.255 e. The molecule has 3 rings (SSSR count). The summed E-state index contributed by atoms with van der Waals surface area (Å²) in [5.74, 6) is 2.18. The van der Waals surface area contributed by atoms with Crippen molar-refractivity contribution in [2.45, 2.75) is 46.2 Å². The highest BCUT2D eigenvalue weighted by atomic mass is 16.2. The van der Waals surface area contributed by atoms with Crippen LogP contribution in [0.3, 0.4) is 0 Å². The van der Waals surface area contributed by atoms with Crippen LogP contribution in [-0.2, 0) is 6.54 Å². The Kier molecular flexibility index (Phi) is 3.68. The highest BCUT2D eigenvalue weighted by molar-refractivity contribution is 5.94. The first-order valence-electron chi connectivity index (χ1n) is 7.62. The van der Waals surface area contributed by atoms with E-state index in [-0.39, 0.29) is 11.9 Å². The molecule has 0 bridgehead atoms. The zero-order chi connectivity index (χ0) is 15.9. The van der Waals surface area contributed by atoms with Gasteiger partial charge in [0.05, 0.1) is 18.2 Å². The highest BCUT2D eigenvalue weighted by Crippen LogP contribution is 2.26. The molecule has 0 saturated heterocycles. The predicted molar refractivity (Wildman–Crippen MR) is 82.5 cm³/mol. The van der Waals surface area contributed by atoms with Gasteiger partial charge >= 0.3 is 0 Å². The third-order valence-corrected chi connectivity index (χ3v) is 3.98. The summed E-state index contributed by atoms with van der Waals surface area (Å²) in [6, 6.07) is 2.05. The first kappa shape index (κ1) is 14.7. The number of nitrogens with zero attached hydrogens (tertiary/aromatic N) is 5. The minimum absolute atomic E-state index is 0.00315. The van der Waals surface area contributed by atoms with Crippen molar-refractivity contribution in [1.29, 1.82) is 0 Å². The van der Waals surface area contributed by atoms with E-state index in [1.165, 1.54) is 0 Å². The molecule has 0 saturated carbocycles. The lowest BCUT2D eigenvalue weighted by molar-refractivity contribution is 0.0678. The number of amides is 1. The van der Waals surface area contributed by atoms with Crippen LogP contribution in [0.5, 0.6) is 0 Å². The van der Waals surface area contributed by atoms with E-state index in [2.05, 4.69) is 40.5 Å². The Labute approximate surface area is 130 Å². The van der Waals surface area contributed by atoms with Crippen molar-refractivity contribution in [3.05, 3.63) is 41.2 Å². The second-order valence-corrected chi connectivity index (χ2v) is 6.28. The Morgan fingerprint density at radius 1 is 1.32 bits per heavy atom. The Hall–Kier alpha value is -2.24. The minimum atomic E-state index is 0.00315. The average Bonchev–Trinajstić information content (AvgIpc) is 2.91. The Morgan fingerprint density at radius 2 is 2.09 bits per heavy atom. The third kappa shape index (κ3) is 2.49. The van der Waals surface area contributed by atoms with Crippen molar-refractivity contribution in [2.24, 2.45) is 0 Å². The van der Waals surface area contributed by atoms with Crippen molar-refractivity contribution in [3.63, 3.8) is 0 Å². The van der Waals surface area contributed by atoms with Crippen molar-refractivity contribution >= 4 is 5.91 Å². The first-order chi connectivity index (χ1) is 10.5. The van der Waals surface area contributed by atoms with Crippen LogP contribution >= 0.6 is 0 Å². The summed E-state index contributed by atoms with van der Waals surface area (Å²) in [6.45, 7) is 9.43. The van der Waals surface area contributed by atoms with Gasteiger partial charge in [0, 0.05) is 24.9 Å². The molecule has 0 radical (unpaired) electrons. The van der Waals surface area contributed by atoms with Crippen LogP contribution in [-0.4, -0.2) is 37.1 Å². The molecule has 6 nitrogen and oxygen atoms in total. The number of rotatable bonds is 2. The first-order valence-corrected chi connectivity index (χ1v) is 7.62. The molecule has 1 atom stereocenters. The van der Waals surface area contributed by atoms with Crippen molar-refractivity contribution in [3.8, 4) is 0 Å². The molecule has 3 heterocycles. The van der Waals surface area contributed by atoms with Gasteiger partial charge in [0.25, 0.3) is 5.91 Å². The van der Waals surface area contributed by atoms with E-state index in [1.807, 2.05) is 17.9 Å². The van der Waals surface area contributed by atoms with Crippen LogP contribution in [0.2, 0.25) is 0 Å². The van der Waals surface area contributed by atoms with Gasteiger partial charge in [-0.15, -0.1) is 10.2 Å². The van der Waals surface area contributed by atoms with Crippen LogP contribution in [0.4, 0.5) is 0 Å². The zero-order valence-electron chi connectivity index (χ0n) is 13.4. The highest BCUT2D eigenvalue weighted by Gasteiger charge is 2.30. The summed E-state index contributed by atoms with van der Waals surface area (Å²) in [6.07, 6.45) is 3.38. The molecule has 1 amide bonds. The largest absolute Gasteiger partial charge is 0.329 e. The van der Waals surface area contributed by atoms with Gasteiger partial charge in [-0.1, -0.05) is 13.8 Å². The molecule has 0 spiro atoms. The molecule has 0 fully saturated rings. The molecule has 0 aromatic carbocycles. The summed E-state index contributed by atoms with van der Waals surface area (Å²) in [5, 5.41) is 8.57. The van der Waals surface area contributed by atoms with E-state index in [4.69, 9.17) is 0 Å². The Balaban J connectivity index is 1.88. The number of carbonyl (C=O) groups is 1. The third-order valence-electron chi connectivity index (χ3n) is 3.98. The smallest absolute Gasteiger partial charge is 0.255 e. The quantitative estimate of drug-likeness (QED) is 0.853. The fourth-order valence-corrected chi connectivity index (χ4v) is 2.96. The topological polar surface area (TPSA) is 63.9 Å². The standard InChI is InChI=1S/C16H21N5O/c1-10(2)15-19-18-14-9-20(8-12(4)21(14)15)16(22)13-5-11(3)6-17-7-13/h5-7,10,12H,8-9H2,1-4H3/t12-/m0/s1. The van der Waals surface area contributed by atoms with Crippen molar-refractivity contribution in [1.82, 2.24) is 24.6 Å². The van der Waals surface area contributed by atoms with Crippen molar-refractivity contribution in [2.75, 3.05) is 6.54 Å². The molecular formula is C16H21N5O. The summed E-state index contributed by atoms with van der Waals surface area (Å²) in [7, 11) is 0. The van der Waals surface area contributed by atoms with Gasteiger partial charge in [-0.25, -0.2) is 0 Å². The minimum Gasteiger partial charge on any atom is -0.329 e. The van der Waals surface area contributed by atoms with E-state index in [9.17, 15) is 4.79 Å². The molecule has 0 aliphatic carbocycles. The van der Waals surface area contributed by atoms with Crippen molar-refractivity contribution < 1.29 is 4.79 Å². The zero-order valence-corrected chi connectivity index (χ0v) is 13.4. The molecule has 116 valence electrons. The molecule has 1 aliphatic rings. The summed E-state index contributed by atoms with van der Waals surface area (Å²) in [4.78, 5) is 18.6. The lowest BCUT2D eigenvalue weighted by Crippen LogP contribution is -2.41. The molecule has 0 N–H and O–H groups in total. The van der Waals surface area contributed by atoms with Crippen LogP contribution in [0, 0.1) is 6.92 Å². The lowest BCUT2D eigenvalue weighted by atomic mass is 10.1. The Bertz CT molecular complexity index is 706. The maximum absolute atomic E-state index is 12.7. The van der Waals surface area contributed by atoms with Gasteiger partial charge in [-0.2, -0.15) is 0 Å². The van der Waals surface area contributed by atoms with Crippen LogP contribution < -0.4 is 0 Å². The normalized spacial score (nSPS) is 17.7. The monoisotopic (exact) mass is 299 g/mol. The van der Waals surface area contributed by atoms with Crippen LogP contribution in [0.15, 0.2) is 18.5 Å². The number of hydrogen-bond donors (Lipinski definition) is 0. The maximum atomic E-state index is 12.7. The van der Waals surface area contributed by atoms with E-state index in [0.29, 0.717) is 24.6 Å². The molecule has 22 heavy (non-hydrogen) atoms. The fraction of sp³-hybridized carbons (Fsp3) is 0.500. The number of pyridine rings is 1. The van der Waals surface area contributed by atoms with Crippen LogP contribution in [0.1, 0.15) is 60.3 Å². The predicted octanol–water partition coefficient (Wildman–Crippen LogP) is 2.32. The lowest BCUT2D eigenvalue weighted by Gasteiger charge is -2.33. The van der Waals surface area contributed by atoms with Crippen LogP contribution in [0.25, 0.3) is 0 Å². The van der Waals surface area contributed by atoms with Gasteiger partial charge in [-0.05, 0) is 25.5 Å². The van der Waals surface area contributed by atoms with E-state index in [1.54, 1.807) is 12.4 Å².